The maximum Gasteiger partial charge on any atom is 0.222 e. The minimum atomic E-state index is 0. The van der Waals surface area contributed by atoms with Crippen LogP contribution in [0.3, 0.4) is 0 Å². The van der Waals surface area contributed by atoms with E-state index in [2.05, 4.69) is 18.3 Å². The standard InChI is InChI=1S/C17H26N2O2.ClH/c1-14-6-5-7-16(12-14)21-11-4-3-8-17(20)19(2)15-9-10-18-13-15;/h5-7,12,15,18H,3-4,8-11,13H2,1-2H3;1H. The monoisotopic (exact) mass is 326 g/mol. The van der Waals surface area contributed by atoms with Crippen molar-refractivity contribution in [1.29, 1.82) is 0 Å². The lowest BCUT2D eigenvalue weighted by Gasteiger charge is -2.23. The van der Waals surface area contributed by atoms with Crippen LogP contribution in [0.25, 0.3) is 0 Å². The predicted octanol–water partition coefficient (Wildman–Crippen LogP) is 2.79. The first kappa shape index (κ1) is 18.8. The third-order valence-corrected chi connectivity index (χ3v) is 4.02. The van der Waals surface area contributed by atoms with Crippen LogP contribution in [0.5, 0.6) is 5.75 Å². The molecule has 1 aromatic rings. The number of nitrogens with zero attached hydrogens (tertiary/aromatic N) is 1. The Hall–Kier alpha value is -1.26. The highest BCUT2D eigenvalue weighted by Crippen LogP contribution is 2.13. The lowest BCUT2D eigenvalue weighted by Crippen LogP contribution is -2.38. The number of nitrogens with one attached hydrogen (secondary N) is 1. The van der Waals surface area contributed by atoms with Gasteiger partial charge in [-0.3, -0.25) is 4.79 Å². The zero-order valence-electron chi connectivity index (χ0n) is 13.5. The molecular weight excluding hydrogens is 300 g/mol. The van der Waals surface area contributed by atoms with Crippen LogP contribution in [0.4, 0.5) is 0 Å². The zero-order valence-corrected chi connectivity index (χ0v) is 14.3. The molecule has 0 bridgehead atoms. The van der Waals surface area contributed by atoms with Crippen LogP contribution < -0.4 is 10.1 Å². The Labute approximate surface area is 139 Å². The summed E-state index contributed by atoms with van der Waals surface area (Å²) in [6.45, 7) is 4.68. The largest absolute Gasteiger partial charge is 0.494 e. The molecule has 5 heteroatoms. The molecule has 0 aromatic heterocycles. The molecule has 0 radical (unpaired) electrons. The summed E-state index contributed by atoms with van der Waals surface area (Å²) in [6, 6.07) is 8.43. The van der Waals surface area contributed by atoms with Gasteiger partial charge >= 0.3 is 0 Å². The molecule has 4 nitrogen and oxygen atoms in total. The van der Waals surface area contributed by atoms with Gasteiger partial charge in [0, 0.05) is 26.1 Å². The fourth-order valence-corrected chi connectivity index (χ4v) is 2.62. The zero-order chi connectivity index (χ0) is 15.1. The molecule has 124 valence electrons. The Morgan fingerprint density at radius 3 is 2.91 bits per heavy atom. The van der Waals surface area contributed by atoms with Gasteiger partial charge in [0.2, 0.25) is 5.91 Å². The Morgan fingerprint density at radius 1 is 1.41 bits per heavy atom. The van der Waals surface area contributed by atoms with Crippen LogP contribution in [0, 0.1) is 6.92 Å². The van der Waals surface area contributed by atoms with Gasteiger partial charge in [0.05, 0.1) is 6.61 Å². The van der Waals surface area contributed by atoms with Gasteiger partial charge in [-0.25, -0.2) is 0 Å². The quantitative estimate of drug-likeness (QED) is 0.783. The third-order valence-electron chi connectivity index (χ3n) is 4.02. The van der Waals surface area contributed by atoms with Crippen molar-refractivity contribution >= 4 is 18.3 Å². The number of carbonyl (C=O) groups excluding carboxylic acids is 1. The van der Waals surface area contributed by atoms with E-state index < -0.39 is 0 Å². The topological polar surface area (TPSA) is 41.6 Å². The number of rotatable bonds is 7. The maximum atomic E-state index is 12.1. The summed E-state index contributed by atoms with van der Waals surface area (Å²) < 4.78 is 5.69. The van der Waals surface area contributed by atoms with Gasteiger partial charge in [-0.05, 0) is 50.4 Å². The summed E-state index contributed by atoms with van der Waals surface area (Å²) in [5.41, 5.74) is 1.20. The second kappa shape index (κ2) is 9.70. The molecule has 1 saturated heterocycles. The van der Waals surface area contributed by atoms with Crippen LogP contribution in [-0.2, 0) is 4.79 Å². The van der Waals surface area contributed by atoms with Gasteiger partial charge in [-0.15, -0.1) is 12.4 Å². The van der Waals surface area contributed by atoms with Crippen molar-refractivity contribution in [2.75, 3.05) is 26.7 Å². The van der Waals surface area contributed by atoms with Crippen molar-refractivity contribution < 1.29 is 9.53 Å². The SMILES string of the molecule is Cc1cccc(OCCCCC(=O)N(C)C2CCNC2)c1.Cl. The van der Waals surface area contributed by atoms with Crippen molar-refractivity contribution in [1.82, 2.24) is 10.2 Å². The van der Waals surface area contributed by atoms with Crippen molar-refractivity contribution in [3.05, 3.63) is 29.8 Å². The molecule has 1 aromatic carbocycles. The van der Waals surface area contributed by atoms with Crippen LogP contribution in [0.1, 0.15) is 31.2 Å². The summed E-state index contributed by atoms with van der Waals surface area (Å²) in [5, 5.41) is 3.29. The lowest BCUT2D eigenvalue weighted by molar-refractivity contribution is -0.131. The van der Waals surface area contributed by atoms with Crippen LogP contribution in [0.15, 0.2) is 24.3 Å². The van der Waals surface area contributed by atoms with E-state index in [1.807, 2.05) is 30.1 Å². The van der Waals surface area contributed by atoms with Crippen molar-refractivity contribution in [3.8, 4) is 5.75 Å². The molecule has 1 atom stereocenters. The predicted molar refractivity (Wildman–Crippen MR) is 91.8 cm³/mol. The van der Waals surface area contributed by atoms with E-state index in [1.165, 1.54) is 5.56 Å². The molecule has 1 fully saturated rings. The average molecular weight is 327 g/mol. The number of carbonyl (C=O) groups is 1. The van der Waals surface area contributed by atoms with Crippen molar-refractivity contribution in [2.24, 2.45) is 0 Å². The van der Waals surface area contributed by atoms with E-state index in [-0.39, 0.29) is 18.3 Å². The van der Waals surface area contributed by atoms with Gasteiger partial charge in [-0.1, -0.05) is 12.1 Å². The number of benzene rings is 1. The number of hydrogen-bond acceptors (Lipinski definition) is 3. The number of amides is 1. The van der Waals surface area contributed by atoms with E-state index >= 15 is 0 Å². The molecule has 22 heavy (non-hydrogen) atoms. The molecular formula is C17H27ClN2O2. The molecule has 1 aliphatic rings. The minimum absolute atomic E-state index is 0. The summed E-state index contributed by atoms with van der Waals surface area (Å²) in [6.07, 6.45) is 3.48. The molecule has 1 N–H and O–H groups in total. The number of halogens is 1. The molecule has 0 spiro atoms. The highest BCUT2D eigenvalue weighted by Gasteiger charge is 2.22. The van der Waals surface area contributed by atoms with Gasteiger partial charge in [-0.2, -0.15) is 0 Å². The number of ether oxygens (including phenoxy) is 1. The minimum Gasteiger partial charge on any atom is -0.494 e. The second-order valence-corrected chi connectivity index (χ2v) is 5.77. The van der Waals surface area contributed by atoms with E-state index in [9.17, 15) is 4.79 Å². The fourth-order valence-electron chi connectivity index (χ4n) is 2.62. The Kier molecular flexibility index (Phi) is 8.28. The number of aryl methyl sites for hydroxylation is 1. The molecule has 1 unspecified atom stereocenters. The first-order chi connectivity index (χ1) is 10.2. The summed E-state index contributed by atoms with van der Waals surface area (Å²) in [4.78, 5) is 14.0. The summed E-state index contributed by atoms with van der Waals surface area (Å²) in [5.74, 6) is 1.16. The average Bonchev–Trinajstić information content (AvgIpc) is 3.00. The highest BCUT2D eigenvalue weighted by atomic mass is 35.5. The summed E-state index contributed by atoms with van der Waals surface area (Å²) in [7, 11) is 1.92. The molecule has 0 saturated carbocycles. The lowest BCUT2D eigenvalue weighted by atomic mass is 10.2. The van der Waals surface area contributed by atoms with Gasteiger partial charge in [0.1, 0.15) is 5.75 Å². The fraction of sp³-hybridized carbons (Fsp3) is 0.588. The normalized spacial score (nSPS) is 16.9. The first-order valence-corrected chi connectivity index (χ1v) is 7.82. The van der Waals surface area contributed by atoms with E-state index in [4.69, 9.17) is 4.74 Å². The van der Waals surface area contributed by atoms with E-state index in [1.54, 1.807) is 0 Å². The van der Waals surface area contributed by atoms with E-state index in [0.29, 0.717) is 19.1 Å². The second-order valence-electron chi connectivity index (χ2n) is 5.77. The van der Waals surface area contributed by atoms with Gasteiger partial charge in [0.25, 0.3) is 0 Å². The first-order valence-electron chi connectivity index (χ1n) is 7.82. The van der Waals surface area contributed by atoms with Gasteiger partial charge in [0.15, 0.2) is 0 Å². The molecule has 2 rings (SSSR count). The van der Waals surface area contributed by atoms with Crippen molar-refractivity contribution in [3.63, 3.8) is 0 Å². The number of hydrogen-bond donors (Lipinski definition) is 1. The molecule has 1 heterocycles. The van der Waals surface area contributed by atoms with Gasteiger partial charge < -0.3 is 15.0 Å². The number of likely N-dealkylation sites (N-methyl/N-ethyl adjacent to an activating group) is 1. The maximum absolute atomic E-state index is 12.1. The van der Waals surface area contributed by atoms with Crippen LogP contribution >= 0.6 is 12.4 Å². The summed E-state index contributed by atoms with van der Waals surface area (Å²) >= 11 is 0. The highest BCUT2D eigenvalue weighted by molar-refractivity contribution is 5.85. The van der Waals surface area contributed by atoms with E-state index in [0.717, 1.165) is 38.1 Å². The number of unbranched alkanes of at least 4 members (excludes halogenated alkanes) is 1. The Bertz CT molecular complexity index is 462. The molecule has 1 aliphatic heterocycles. The van der Waals surface area contributed by atoms with Crippen LogP contribution in [-0.4, -0.2) is 43.6 Å². The third kappa shape index (κ3) is 5.85. The van der Waals surface area contributed by atoms with Crippen LogP contribution in [0.2, 0.25) is 0 Å². The molecule has 0 aliphatic carbocycles. The Morgan fingerprint density at radius 2 is 2.23 bits per heavy atom. The smallest absolute Gasteiger partial charge is 0.222 e. The van der Waals surface area contributed by atoms with Crippen molar-refractivity contribution in [2.45, 2.75) is 38.6 Å². The molecule has 1 amide bonds. The Balaban J connectivity index is 0.00000242.